The summed E-state index contributed by atoms with van der Waals surface area (Å²) in [6.45, 7) is 4.86. The summed E-state index contributed by atoms with van der Waals surface area (Å²) in [6.07, 6.45) is 4.90. The van der Waals surface area contributed by atoms with Crippen molar-refractivity contribution in [3.63, 3.8) is 0 Å². The Bertz CT molecular complexity index is 672. The molecule has 1 aromatic carbocycles. The quantitative estimate of drug-likeness (QED) is 0.817. The second kappa shape index (κ2) is 7.20. The maximum absolute atomic E-state index is 5.54. The van der Waals surface area contributed by atoms with Gasteiger partial charge in [0, 0.05) is 38.6 Å². The molecule has 126 valence electrons. The lowest BCUT2D eigenvalue weighted by Gasteiger charge is -2.25. The van der Waals surface area contributed by atoms with E-state index in [-0.39, 0.29) is 0 Å². The molecule has 2 aliphatic rings. The van der Waals surface area contributed by atoms with Gasteiger partial charge in [-0.15, -0.1) is 0 Å². The van der Waals surface area contributed by atoms with E-state index in [0.717, 1.165) is 50.8 Å². The molecule has 0 saturated carbocycles. The van der Waals surface area contributed by atoms with E-state index in [4.69, 9.17) is 14.2 Å². The molecule has 0 bridgehead atoms. The minimum absolute atomic E-state index is 0.317. The Kier molecular flexibility index (Phi) is 4.62. The van der Waals surface area contributed by atoms with Crippen LogP contribution in [0.25, 0.3) is 0 Å². The number of fused-ring (bicyclic) bond motifs is 1. The number of ether oxygens (including phenoxy) is 3. The molecule has 1 aromatic heterocycles. The van der Waals surface area contributed by atoms with Crippen molar-refractivity contribution >= 4 is 0 Å². The summed E-state index contributed by atoms with van der Waals surface area (Å²) in [5, 5.41) is 0. The molecule has 4 rings (SSSR count). The monoisotopic (exact) mass is 326 g/mol. The van der Waals surface area contributed by atoms with E-state index in [1.807, 2.05) is 24.5 Å². The van der Waals surface area contributed by atoms with Gasteiger partial charge in [0.15, 0.2) is 11.5 Å². The van der Waals surface area contributed by atoms with Gasteiger partial charge in [-0.3, -0.25) is 9.88 Å². The maximum atomic E-state index is 5.54. The van der Waals surface area contributed by atoms with Crippen LogP contribution in [-0.2, 0) is 17.8 Å². The first-order valence-corrected chi connectivity index (χ1v) is 8.44. The summed E-state index contributed by atoms with van der Waals surface area (Å²) in [4.78, 5) is 6.70. The molecule has 5 heteroatoms. The van der Waals surface area contributed by atoms with Gasteiger partial charge in [-0.1, -0.05) is 12.1 Å². The van der Waals surface area contributed by atoms with Gasteiger partial charge in [0.2, 0.25) is 6.79 Å². The highest BCUT2D eigenvalue weighted by molar-refractivity contribution is 5.44. The number of benzene rings is 1. The Morgan fingerprint density at radius 2 is 2.00 bits per heavy atom. The van der Waals surface area contributed by atoms with Gasteiger partial charge in [0.1, 0.15) is 0 Å². The number of pyridine rings is 1. The summed E-state index contributed by atoms with van der Waals surface area (Å²) in [6, 6.07) is 10.3. The molecule has 0 radical (unpaired) electrons. The number of nitrogens with zero attached hydrogens (tertiary/aromatic N) is 2. The van der Waals surface area contributed by atoms with Crippen molar-refractivity contribution in [2.24, 2.45) is 5.92 Å². The van der Waals surface area contributed by atoms with Crippen molar-refractivity contribution in [3.8, 4) is 11.5 Å². The minimum Gasteiger partial charge on any atom is -0.454 e. The van der Waals surface area contributed by atoms with Crippen molar-refractivity contribution in [1.82, 2.24) is 9.88 Å². The van der Waals surface area contributed by atoms with E-state index in [1.54, 1.807) is 0 Å². The van der Waals surface area contributed by atoms with Crippen LogP contribution >= 0.6 is 0 Å². The summed E-state index contributed by atoms with van der Waals surface area (Å²) in [7, 11) is 0. The topological polar surface area (TPSA) is 43.8 Å². The SMILES string of the molecule is c1cncc(CN(Cc2ccc3c(c2)OCO3)C[C@@H]2CCOC2)c1. The molecule has 3 heterocycles. The summed E-state index contributed by atoms with van der Waals surface area (Å²) < 4.78 is 16.4. The predicted octanol–water partition coefficient (Wildman–Crippen LogP) is 2.85. The molecule has 2 aliphatic heterocycles. The molecule has 1 fully saturated rings. The third-order valence-corrected chi connectivity index (χ3v) is 4.51. The summed E-state index contributed by atoms with van der Waals surface area (Å²) >= 11 is 0. The normalized spacial score (nSPS) is 19.1. The number of rotatable bonds is 6. The zero-order valence-corrected chi connectivity index (χ0v) is 13.7. The van der Waals surface area contributed by atoms with Gasteiger partial charge >= 0.3 is 0 Å². The van der Waals surface area contributed by atoms with Crippen molar-refractivity contribution in [2.75, 3.05) is 26.6 Å². The number of hydrogen-bond acceptors (Lipinski definition) is 5. The molecular weight excluding hydrogens is 304 g/mol. The third kappa shape index (κ3) is 3.68. The summed E-state index contributed by atoms with van der Waals surface area (Å²) in [5.41, 5.74) is 2.47. The van der Waals surface area contributed by atoms with Crippen LogP contribution in [0.1, 0.15) is 17.5 Å². The molecule has 0 N–H and O–H groups in total. The van der Waals surface area contributed by atoms with Crippen LogP contribution in [-0.4, -0.2) is 36.4 Å². The van der Waals surface area contributed by atoms with Gasteiger partial charge < -0.3 is 14.2 Å². The lowest BCUT2D eigenvalue weighted by Crippen LogP contribution is -2.29. The second-order valence-corrected chi connectivity index (χ2v) is 6.45. The van der Waals surface area contributed by atoms with Gasteiger partial charge in [-0.05, 0) is 41.7 Å². The molecule has 24 heavy (non-hydrogen) atoms. The molecule has 0 amide bonds. The standard InChI is InChI=1S/C19H22N2O3/c1-2-16(9-20-6-1)11-21(12-17-5-7-22-13-17)10-15-3-4-18-19(8-15)24-14-23-18/h1-4,6,8-9,17H,5,7,10-14H2/t17-/m0/s1. The average molecular weight is 326 g/mol. The van der Waals surface area contributed by atoms with Crippen molar-refractivity contribution in [2.45, 2.75) is 19.5 Å². The fourth-order valence-corrected chi connectivity index (χ4v) is 3.32. The van der Waals surface area contributed by atoms with Crippen LogP contribution in [0, 0.1) is 5.92 Å². The van der Waals surface area contributed by atoms with E-state index in [1.165, 1.54) is 11.1 Å². The van der Waals surface area contributed by atoms with E-state index in [0.29, 0.717) is 12.7 Å². The Morgan fingerprint density at radius 3 is 2.83 bits per heavy atom. The number of aromatic nitrogens is 1. The van der Waals surface area contributed by atoms with Crippen LogP contribution in [0.15, 0.2) is 42.7 Å². The van der Waals surface area contributed by atoms with Gasteiger partial charge in [-0.2, -0.15) is 0 Å². The molecule has 5 nitrogen and oxygen atoms in total. The second-order valence-electron chi connectivity index (χ2n) is 6.45. The van der Waals surface area contributed by atoms with Crippen molar-refractivity contribution in [1.29, 1.82) is 0 Å². The molecule has 0 aliphatic carbocycles. The molecule has 0 spiro atoms. The van der Waals surface area contributed by atoms with Crippen molar-refractivity contribution in [3.05, 3.63) is 53.9 Å². The van der Waals surface area contributed by atoms with Crippen LogP contribution in [0.5, 0.6) is 11.5 Å². The fraction of sp³-hybridized carbons (Fsp3) is 0.421. The highest BCUT2D eigenvalue weighted by Gasteiger charge is 2.21. The van der Waals surface area contributed by atoms with Crippen LogP contribution in [0.3, 0.4) is 0 Å². The average Bonchev–Trinajstić information content (AvgIpc) is 3.27. The first kappa shape index (κ1) is 15.4. The fourth-order valence-electron chi connectivity index (χ4n) is 3.32. The van der Waals surface area contributed by atoms with Crippen LogP contribution in [0.4, 0.5) is 0 Å². The highest BCUT2D eigenvalue weighted by Crippen LogP contribution is 2.33. The Labute approximate surface area is 142 Å². The zero-order chi connectivity index (χ0) is 16.2. The molecule has 1 atom stereocenters. The van der Waals surface area contributed by atoms with Gasteiger partial charge in [0.25, 0.3) is 0 Å². The van der Waals surface area contributed by atoms with E-state index >= 15 is 0 Å². The lowest BCUT2D eigenvalue weighted by molar-refractivity contribution is 0.161. The van der Waals surface area contributed by atoms with Gasteiger partial charge in [-0.25, -0.2) is 0 Å². The Hall–Kier alpha value is -2.11. The highest BCUT2D eigenvalue weighted by atomic mass is 16.7. The van der Waals surface area contributed by atoms with E-state index in [2.05, 4.69) is 28.1 Å². The number of hydrogen-bond donors (Lipinski definition) is 0. The van der Waals surface area contributed by atoms with Gasteiger partial charge in [0.05, 0.1) is 6.61 Å². The smallest absolute Gasteiger partial charge is 0.231 e. The Morgan fingerprint density at radius 1 is 1.08 bits per heavy atom. The van der Waals surface area contributed by atoms with Crippen LogP contribution in [0.2, 0.25) is 0 Å². The Balaban J connectivity index is 1.48. The molecule has 2 aromatic rings. The third-order valence-electron chi connectivity index (χ3n) is 4.51. The van der Waals surface area contributed by atoms with Crippen molar-refractivity contribution < 1.29 is 14.2 Å². The molecule has 0 unspecified atom stereocenters. The largest absolute Gasteiger partial charge is 0.454 e. The van der Waals surface area contributed by atoms with Crippen LogP contribution < -0.4 is 9.47 Å². The van der Waals surface area contributed by atoms with E-state index < -0.39 is 0 Å². The summed E-state index contributed by atoms with van der Waals surface area (Å²) in [5.74, 6) is 2.29. The predicted molar refractivity (Wildman–Crippen MR) is 89.8 cm³/mol. The first-order valence-electron chi connectivity index (χ1n) is 8.44. The van der Waals surface area contributed by atoms with E-state index in [9.17, 15) is 0 Å². The maximum Gasteiger partial charge on any atom is 0.231 e. The molecular formula is C19H22N2O3. The molecule has 1 saturated heterocycles. The minimum atomic E-state index is 0.317. The zero-order valence-electron chi connectivity index (χ0n) is 13.7. The first-order chi connectivity index (χ1) is 11.9. The lowest BCUT2D eigenvalue weighted by atomic mass is 10.1.